The summed E-state index contributed by atoms with van der Waals surface area (Å²) in [5.74, 6) is -0.0235. The van der Waals surface area contributed by atoms with Crippen molar-refractivity contribution in [1.82, 2.24) is 25.8 Å². The maximum Gasteiger partial charge on any atom is 0.271 e. The number of ether oxygens (including phenoxy) is 2. The van der Waals surface area contributed by atoms with Gasteiger partial charge in [-0.3, -0.25) is 14.7 Å². The van der Waals surface area contributed by atoms with E-state index in [1.165, 1.54) is 14.2 Å². The zero-order valence-corrected chi connectivity index (χ0v) is 16.8. The Kier molecular flexibility index (Phi) is 6.80. The number of carbonyl (C=O) groups excluding carboxylic acids is 2. The van der Waals surface area contributed by atoms with Gasteiger partial charge in [-0.2, -0.15) is 10.1 Å². The van der Waals surface area contributed by atoms with Crippen LogP contribution in [0.3, 0.4) is 0 Å². The fourth-order valence-electron chi connectivity index (χ4n) is 2.54. The van der Waals surface area contributed by atoms with Crippen LogP contribution in [0, 0.1) is 0 Å². The number of carbonyl (C=O) groups is 2. The second kappa shape index (κ2) is 9.69. The third kappa shape index (κ3) is 5.11. The third-order valence-corrected chi connectivity index (χ3v) is 4.91. The van der Waals surface area contributed by atoms with E-state index in [9.17, 15) is 9.59 Å². The van der Waals surface area contributed by atoms with Crippen molar-refractivity contribution < 1.29 is 19.1 Å². The van der Waals surface area contributed by atoms with Crippen molar-refractivity contribution in [2.45, 2.75) is 6.42 Å². The average Bonchev–Trinajstić information content (AvgIpc) is 3.44. The predicted molar refractivity (Wildman–Crippen MR) is 109 cm³/mol. The molecular weight excluding hydrogens is 394 g/mol. The van der Waals surface area contributed by atoms with Crippen molar-refractivity contribution in [1.29, 1.82) is 0 Å². The summed E-state index contributed by atoms with van der Waals surface area (Å²) < 4.78 is 10.1. The van der Waals surface area contributed by atoms with Crippen LogP contribution >= 0.6 is 11.3 Å². The molecule has 0 bridgehead atoms. The Morgan fingerprint density at radius 3 is 2.59 bits per heavy atom. The molecule has 3 aromatic heterocycles. The van der Waals surface area contributed by atoms with Gasteiger partial charge in [-0.1, -0.05) is 6.07 Å². The molecule has 152 valence electrons. The molecule has 0 aromatic carbocycles. The number of aromatic nitrogens is 3. The molecule has 3 N–H and O–H groups in total. The van der Waals surface area contributed by atoms with Gasteiger partial charge in [-0.05, 0) is 30.0 Å². The van der Waals surface area contributed by atoms with Crippen molar-refractivity contribution in [2.24, 2.45) is 0 Å². The van der Waals surface area contributed by atoms with E-state index in [4.69, 9.17) is 9.47 Å². The Morgan fingerprint density at radius 1 is 1.10 bits per heavy atom. The normalized spacial score (nSPS) is 10.4. The van der Waals surface area contributed by atoms with Crippen LogP contribution in [0.2, 0.25) is 0 Å². The second-order valence-corrected chi connectivity index (χ2v) is 6.87. The van der Waals surface area contributed by atoms with Gasteiger partial charge in [0, 0.05) is 19.2 Å². The van der Waals surface area contributed by atoms with E-state index in [0.717, 1.165) is 10.6 Å². The summed E-state index contributed by atoms with van der Waals surface area (Å²) in [4.78, 5) is 29.6. The maximum absolute atomic E-state index is 12.3. The standard InChI is InChI=1S/C19H21N5O4S/c1-27-16-7-6-12(19(22-16)28-2)17(25)20-8-4-9-21-18(26)14-11-13(23-24-14)15-5-3-10-29-15/h3,5-7,10-11H,4,8-9H2,1-2H3,(H,20,25)(H,21,26)(H,23,24). The number of aromatic amines is 1. The SMILES string of the molecule is COc1ccc(C(=O)NCCCNC(=O)c2cc(-c3cccs3)[nH]n2)c(OC)n1. The lowest BCUT2D eigenvalue weighted by Crippen LogP contribution is -2.30. The molecular formula is C19H21N5O4S. The van der Waals surface area contributed by atoms with Gasteiger partial charge in [-0.25, -0.2) is 0 Å². The van der Waals surface area contributed by atoms with E-state index in [2.05, 4.69) is 25.8 Å². The van der Waals surface area contributed by atoms with E-state index in [-0.39, 0.29) is 17.7 Å². The van der Waals surface area contributed by atoms with Gasteiger partial charge in [-0.15, -0.1) is 11.3 Å². The summed E-state index contributed by atoms with van der Waals surface area (Å²) in [6.07, 6.45) is 0.561. The lowest BCUT2D eigenvalue weighted by molar-refractivity contribution is 0.0947. The van der Waals surface area contributed by atoms with Gasteiger partial charge in [0.15, 0.2) is 5.69 Å². The van der Waals surface area contributed by atoms with Crippen molar-refractivity contribution >= 4 is 23.2 Å². The topological polar surface area (TPSA) is 118 Å². The number of amides is 2. The zero-order valence-electron chi connectivity index (χ0n) is 16.0. The van der Waals surface area contributed by atoms with E-state index < -0.39 is 0 Å². The van der Waals surface area contributed by atoms with Crippen LogP contribution in [0.15, 0.2) is 35.7 Å². The first-order valence-electron chi connectivity index (χ1n) is 8.87. The molecule has 0 atom stereocenters. The molecule has 0 radical (unpaired) electrons. The zero-order chi connectivity index (χ0) is 20.6. The average molecular weight is 415 g/mol. The van der Waals surface area contributed by atoms with Crippen LogP contribution in [-0.4, -0.2) is 54.3 Å². The minimum Gasteiger partial charge on any atom is -0.481 e. The number of nitrogens with zero attached hydrogens (tertiary/aromatic N) is 2. The molecule has 0 saturated carbocycles. The third-order valence-electron chi connectivity index (χ3n) is 4.00. The van der Waals surface area contributed by atoms with Gasteiger partial charge < -0.3 is 20.1 Å². The van der Waals surface area contributed by atoms with E-state index >= 15 is 0 Å². The summed E-state index contributed by atoms with van der Waals surface area (Å²) in [5.41, 5.74) is 1.45. The number of methoxy groups -OCH3 is 2. The Morgan fingerprint density at radius 2 is 1.90 bits per heavy atom. The Hall–Kier alpha value is -3.40. The number of nitrogens with one attached hydrogen (secondary N) is 3. The molecule has 0 aliphatic heterocycles. The molecule has 10 heteroatoms. The van der Waals surface area contributed by atoms with Crippen molar-refractivity contribution in [3.63, 3.8) is 0 Å². The molecule has 3 heterocycles. The summed E-state index contributed by atoms with van der Waals surface area (Å²) in [7, 11) is 2.93. The highest BCUT2D eigenvalue weighted by molar-refractivity contribution is 7.13. The van der Waals surface area contributed by atoms with Crippen LogP contribution in [-0.2, 0) is 0 Å². The van der Waals surface area contributed by atoms with E-state index in [1.807, 2.05) is 17.5 Å². The Balaban J connectivity index is 1.43. The molecule has 3 aromatic rings. The predicted octanol–water partition coefficient (Wildman–Crippen LogP) is 2.10. The summed E-state index contributed by atoms with van der Waals surface area (Å²) in [6.45, 7) is 0.785. The largest absolute Gasteiger partial charge is 0.481 e. The maximum atomic E-state index is 12.3. The van der Waals surface area contributed by atoms with Gasteiger partial charge in [0.25, 0.3) is 11.8 Å². The lowest BCUT2D eigenvalue weighted by Gasteiger charge is -2.10. The quantitative estimate of drug-likeness (QED) is 0.461. The van der Waals surface area contributed by atoms with E-state index in [1.54, 1.807) is 29.5 Å². The smallest absolute Gasteiger partial charge is 0.271 e. The number of rotatable bonds is 9. The molecule has 29 heavy (non-hydrogen) atoms. The second-order valence-electron chi connectivity index (χ2n) is 5.92. The molecule has 3 rings (SSSR count). The molecule has 9 nitrogen and oxygen atoms in total. The minimum atomic E-state index is -0.309. The number of hydrogen-bond acceptors (Lipinski definition) is 7. The number of thiophene rings is 1. The number of hydrogen-bond donors (Lipinski definition) is 3. The minimum absolute atomic E-state index is 0.190. The monoisotopic (exact) mass is 415 g/mol. The molecule has 0 aliphatic rings. The van der Waals surface area contributed by atoms with Crippen LogP contribution in [0.25, 0.3) is 10.6 Å². The summed E-state index contributed by atoms with van der Waals surface area (Å²) >= 11 is 1.57. The van der Waals surface area contributed by atoms with Gasteiger partial charge in [0.1, 0.15) is 5.56 Å². The Labute approximate surface area is 171 Å². The molecule has 0 unspecified atom stereocenters. The molecule has 0 spiro atoms. The van der Waals surface area contributed by atoms with Crippen molar-refractivity contribution in [2.75, 3.05) is 27.3 Å². The first-order chi connectivity index (χ1) is 14.1. The molecule has 2 amide bonds. The van der Waals surface area contributed by atoms with Crippen LogP contribution < -0.4 is 20.1 Å². The van der Waals surface area contributed by atoms with Crippen LogP contribution in [0.1, 0.15) is 27.3 Å². The molecule has 0 saturated heterocycles. The van der Waals surface area contributed by atoms with Gasteiger partial charge in [0.2, 0.25) is 11.8 Å². The van der Waals surface area contributed by atoms with Crippen LogP contribution in [0.4, 0.5) is 0 Å². The summed E-state index contributed by atoms with van der Waals surface area (Å²) in [6, 6.07) is 8.78. The van der Waals surface area contributed by atoms with Gasteiger partial charge >= 0.3 is 0 Å². The van der Waals surface area contributed by atoms with Gasteiger partial charge in [0.05, 0.1) is 24.8 Å². The van der Waals surface area contributed by atoms with Crippen LogP contribution in [0.5, 0.6) is 11.8 Å². The van der Waals surface area contributed by atoms with Crippen molar-refractivity contribution in [3.8, 4) is 22.3 Å². The highest BCUT2D eigenvalue weighted by atomic mass is 32.1. The fraction of sp³-hybridized carbons (Fsp3) is 0.263. The first-order valence-corrected chi connectivity index (χ1v) is 9.75. The number of H-pyrrole nitrogens is 1. The highest BCUT2D eigenvalue weighted by Gasteiger charge is 2.15. The van der Waals surface area contributed by atoms with E-state index in [0.29, 0.717) is 36.6 Å². The lowest BCUT2D eigenvalue weighted by atomic mass is 10.2. The highest BCUT2D eigenvalue weighted by Crippen LogP contribution is 2.23. The molecule has 0 fully saturated rings. The summed E-state index contributed by atoms with van der Waals surface area (Å²) in [5, 5.41) is 14.4. The number of pyridine rings is 1. The first kappa shape index (κ1) is 20.3. The van der Waals surface area contributed by atoms with Crippen molar-refractivity contribution in [3.05, 3.63) is 47.0 Å². The fourth-order valence-corrected chi connectivity index (χ4v) is 3.23. The Bertz CT molecular complexity index is 971. The molecule has 0 aliphatic carbocycles.